The van der Waals surface area contributed by atoms with E-state index in [0.717, 1.165) is 27.9 Å². The molecule has 0 aliphatic carbocycles. The summed E-state index contributed by atoms with van der Waals surface area (Å²) >= 11 is 0. The van der Waals surface area contributed by atoms with Crippen molar-refractivity contribution in [3.05, 3.63) is 55.1 Å². The van der Waals surface area contributed by atoms with Crippen molar-refractivity contribution in [2.24, 2.45) is 14.1 Å². The first-order valence-electron chi connectivity index (χ1n) is 7.82. The fourth-order valence-corrected chi connectivity index (χ4v) is 2.70. The van der Waals surface area contributed by atoms with Crippen molar-refractivity contribution >= 4 is 5.82 Å². The topological polar surface area (TPSA) is 87.4 Å². The number of aromatic nitrogens is 6. The molecule has 0 saturated heterocycles. The maximum absolute atomic E-state index is 6.14. The van der Waals surface area contributed by atoms with Gasteiger partial charge in [-0.15, -0.1) is 0 Å². The highest BCUT2D eigenvalue weighted by Crippen LogP contribution is 2.27. The minimum Gasteiger partial charge on any atom is -0.383 e. The van der Waals surface area contributed by atoms with Crippen LogP contribution < -0.4 is 5.73 Å². The quantitative estimate of drug-likeness (QED) is 0.623. The lowest BCUT2D eigenvalue weighted by molar-refractivity contribution is 0.768. The minimum absolute atomic E-state index is 0.412. The molecular weight excluding hydrogens is 314 g/mol. The van der Waals surface area contributed by atoms with E-state index < -0.39 is 0 Å². The first-order valence-corrected chi connectivity index (χ1v) is 7.82. The summed E-state index contributed by atoms with van der Waals surface area (Å²) in [6.07, 6.45) is 7.38. The summed E-state index contributed by atoms with van der Waals surface area (Å²) in [5.74, 6) is 0.999. The third kappa shape index (κ3) is 2.87. The first-order chi connectivity index (χ1) is 12.1. The Balaban J connectivity index is 1.72. The molecule has 0 amide bonds. The average Bonchev–Trinajstić information content (AvgIpc) is 3.23. The smallest absolute Gasteiger partial charge is 0.161 e. The molecule has 2 N–H and O–H groups in total. The Hall–Kier alpha value is -3.48. The number of nitrogens with two attached hydrogens (primary N) is 1. The number of nitrogen functional groups attached to an aromatic ring is 1. The van der Waals surface area contributed by atoms with E-state index in [9.17, 15) is 0 Å². The van der Waals surface area contributed by atoms with Gasteiger partial charge in [0.05, 0.1) is 17.5 Å². The van der Waals surface area contributed by atoms with E-state index in [0.29, 0.717) is 11.6 Å². The molecule has 0 bridgehead atoms. The van der Waals surface area contributed by atoms with Crippen molar-refractivity contribution in [2.75, 3.05) is 5.73 Å². The molecule has 7 nitrogen and oxygen atoms in total. The van der Waals surface area contributed by atoms with Crippen LogP contribution in [0.2, 0.25) is 0 Å². The normalized spacial score (nSPS) is 11.0. The summed E-state index contributed by atoms with van der Waals surface area (Å²) in [5.41, 5.74) is 10.6. The molecule has 7 heteroatoms. The molecule has 4 aromatic rings. The van der Waals surface area contributed by atoms with Gasteiger partial charge in [0.2, 0.25) is 0 Å². The zero-order chi connectivity index (χ0) is 17.4. The molecule has 0 saturated carbocycles. The highest BCUT2D eigenvalue weighted by Gasteiger charge is 2.11. The number of aryl methyl sites for hydroxylation is 2. The van der Waals surface area contributed by atoms with Crippen LogP contribution in [0.25, 0.3) is 33.8 Å². The number of anilines is 1. The second-order valence-electron chi connectivity index (χ2n) is 5.85. The van der Waals surface area contributed by atoms with E-state index in [2.05, 4.69) is 20.2 Å². The molecule has 0 aliphatic rings. The Morgan fingerprint density at radius 1 is 0.960 bits per heavy atom. The summed E-state index contributed by atoms with van der Waals surface area (Å²) in [6, 6.07) is 9.90. The van der Waals surface area contributed by atoms with Gasteiger partial charge in [-0.2, -0.15) is 10.2 Å². The molecule has 4 rings (SSSR count). The maximum atomic E-state index is 6.14. The number of benzene rings is 1. The molecule has 3 heterocycles. The highest BCUT2D eigenvalue weighted by molar-refractivity contribution is 5.74. The average molecular weight is 331 g/mol. The molecule has 0 atom stereocenters. The van der Waals surface area contributed by atoms with Gasteiger partial charge in [-0.05, 0) is 17.7 Å². The fraction of sp³-hybridized carbons (Fsp3) is 0.111. The molecule has 0 radical (unpaired) electrons. The lowest BCUT2D eigenvalue weighted by Gasteiger charge is -2.06. The van der Waals surface area contributed by atoms with E-state index in [1.54, 1.807) is 15.6 Å². The fourth-order valence-electron chi connectivity index (χ4n) is 2.70. The molecule has 0 unspecified atom stereocenters. The van der Waals surface area contributed by atoms with E-state index in [-0.39, 0.29) is 0 Å². The van der Waals surface area contributed by atoms with Gasteiger partial charge >= 0.3 is 0 Å². The van der Waals surface area contributed by atoms with Crippen molar-refractivity contribution < 1.29 is 0 Å². The highest BCUT2D eigenvalue weighted by atomic mass is 15.2. The van der Waals surface area contributed by atoms with Crippen molar-refractivity contribution in [3.63, 3.8) is 0 Å². The monoisotopic (exact) mass is 331 g/mol. The Labute approximate surface area is 144 Å². The molecule has 25 heavy (non-hydrogen) atoms. The van der Waals surface area contributed by atoms with Crippen LogP contribution in [0.15, 0.2) is 55.1 Å². The second-order valence-corrected chi connectivity index (χ2v) is 5.85. The van der Waals surface area contributed by atoms with E-state index in [1.807, 2.05) is 63.0 Å². The number of hydrogen-bond acceptors (Lipinski definition) is 5. The second kappa shape index (κ2) is 5.86. The minimum atomic E-state index is 0.412. The lowest BCUT2D eigenvalue weighted by atomic mass is 10.1. The van der Waals surface area contributed by atoms with Crippen LogP contribution in [-0.2, 0) is 14.1 Å². The summed E-state index contributed by atoms with van der Waals surface area (Å²) in [6.45, 7) is 0. The molecule has 0 aliphatic heterocycles. The van der Waals surface area contributed by atoms with Crippen LogP contribution in [-0.4, -0.2) is 29.5 Å². The van der Waals surface area contributed by atoms with Gasteiger partial charge < -0.3 is 5.73 Å². The van der Waals surface area contributed by atoms with E-state index >= 15 is 0 Å². The van der Waals surface area contributed by atoms with E-state index in [4.69, 9.17) is 5.73 Å². The molecule has 124 valence electrons. The van der Waals surface area contributed by atoms with Crippen LogP contribution in [0.1, 0.15) is 0 Å². The van der Waals surface area contributed by atoms with Gasteiger partial charge in [-0.1, -0.05) is 18.2 Å². The molecule has 0 fully saturated rings. The molecule has 3 aromatic heterocycles. The van der Waals surface area contributed by atoms with Gasteiger partial charge in [-0.25, -0.2) is 9.97 Å². The van der Waals surface area contributed by atoms with Crippen molar-refractivity contribution in [1.82, 2.24) is 29.5 Å². The van der Waals surface area contributed by atoms with Crippen LogP contribution in [0, 0.1) is 0 Å². The Kier molecular flexibility index (Phi) is 3.53. The van der Waals surface area contributed by atoms with E-state index in [1.165, 1.54) is 0 Å². The standard InChI is InChI=1S/C18H17N7/c1-24-7-6-16(23-24)15-10-20-18(22-17(15)19)13-5-3-4-12(8-13)14-9-21-25(2)11-14/h3-11H,1-2H3,(H2,19,20,22). The van der Waals surface area contributed by atoms with Crippen molar-refractivity contribution in [3.8, 4) is 33.8 Å². The zero-order valence-electron chi connectivity index (χ0n) is 14.0. The first kappa shape index (κ1) is 15.1. The summed E-state index contributed by atoms with van der Waals surface area (Å²) in [7, 11) is 3.76. The molecule has 1 aromatic carbocycles. The molecular formula is C18H17N7. The third-order valence-electron chi connectivity index (χ3n) is 3.97. The third-order valence-corrected chi connectivity index (χ3v) is 3.97. The van der Waals surface area contributed by atoms with Gasteiger partial charge in [0.1, 0.15) is 5.82 Å². The Morgan fingerprint density at radius 3 is 2.48 bits per heavy atom. The van der Waals surface area contributed by atoms with Gasteiger partial charge in [0, 0.05) is 43.8 Å². The maximum Gasteiger partial charge on any atom is 0.161 e. The number of rotatable bonds is 3. The lowest BCUT2D eigenvalue weighted by Crippen LogP contribution is -1.99. The van der Waals surface area contributed by atoms with Crippen molar-refractivity contribution in [1.29, 1.82) is 0 Å². The number of nitrogens with zero attached hydrogens (tertiary/aromatic N) is 6. The predicted octanol–water partition coefficient (Wildman–Crippen LogP) is 2.53. The van der Waals surface area contributed by atoms with Gasteiger partial charge in [-0.3, -0.25) is 9.36 Å². The Morgan fingerprint density at radius 2 is 1.80 bits per heavy atom. The van der Waals surface area contributed by atoms with Crippen LogP contribution in [0.5, 0.6) is 0 Å². The Bertz CT molecular complexity index is 1050. The largest absolute Gasteiger partial charge is 0.383 e. The summed E-state index contributed by atoms with van der Waals surface area (Å²) in [5, 5.41) is 8.56. The molecule has 0 spiro atoms. The predicted molar refractivity (Wildman–Crippen MR) is 96.3 cm³/mol. The summed E-state index contributed by atoms with van der Waals surface area (Å²) < 4.78 is 3.50. The zero-order valence-corrected chi connectivity index (χ0v) is 14.0. The summed E-state index contributed by atoms with van der Waals surface area (Å²) in [4.78, 5) is 8.94. The number of hydrogen-bond donors (Lipinski definition) is 1. The van der Waals surface area contributed by atoms with Gasteiger partial charge in [0.25, 0.3) is 0 Å². The van der Waals surface area contributed by atoms with Gasteiger partial charge in [0.15, 0.2) is 5.82 Å². The van der Waals surface area contributed by atoms with Crippen LogP contribution in [0.4, 0.5) is 5.82 Å². The van der Waals surface area contributed by atoms with Crippen LogP contribution >= 0.6 is 0 Å². The SMILES string of the molecule is Cn1cc(-c2cccc(-c3ncc(-c4ccn(C)n4)c(N)n3)c2)cn1. The van der Waals surface area contributed by atoms with Crippen LogP contribution in [0.3, 0.4) is 0 Å². The van der Waals surface area contributed by atoms with Crippen molar-refractivity contribution in [2.45, 2.75) is 0 Å².